The van der Waals surface area contributed by atoms with Crippen LogP contribution in [-0.4, -0.2) is 39.8 Å². The number of aromatic nitrogens is 2. The van der Waals surface area contributed by atoms with Crippen molar-refractivity contribution in [1.82, 2.24) is 20.0 Å². The number of carbonyl (C=O) groups is 1. The molecule has 1 aliphatic heterocycles. The van der Waals surface area contributed by atoms with Gasteiger partial charge < -0.3 is 10.1 Å². The summed E-state index contributed by atoms with van der Waals surface area (Å²) in [5.74, 6) is 0.911. The number of carbonyl (C=O) groups excluding carboxylic acids is 1. The summed E-state index contributed by atoms with van der Waals surface area (Å²) in [6.07, 6.45) is 2.45. The van der Waals surface area contributed by atoms with Gasteiger partial charge in [-0.3, -0.25) is 14.4 Å². The minimum absolute atomic E-state index is 0.0369. The fraction of sp³-hybridized carbons (Fsp3) is 0.500. The smallest absolute Gasteiger partial charge is 0.221 e. The Kier molecular flexibility index (Phi) is 6.07. The number of benzene rings is 1. The maximum atomic E-state index is 12.4. The number of rotatable bonds is 5. The van der Waals surface area contributed by atoms with Gasteiger partial charge in [-0.2, -0.15) is 5.10 Å². The molecule has 6 nitrogen and oxygen atoms in total. The van der Waals surface area contributed by atoms with E-state index in [0.29, 0.717) is 18.0 Å². The molecule has 1 amide bonds. The Morgan fingerprint density at radius 3 is 2.96 bits per heavy atom. The Hall–Kier alpha value is -2.05. The van der Waals surface area contributed by atoms with E-state index in [0.717, 1.165) is 35.7 Å². The van der Waals surface area contributed by atoms with E-state index in [2.05, 4.69) is 15.3 Å². The molecule has 146 valence electrons. The minimum atomic E-state index is -0.0582. The van der Waals surface area contributed by atoms with Crippen LogP contribution in [0.5, 0.6) is 5.75 Å². The average molecular weight is 391 g/mol. The van der Waals surface area contributed by atoms with Gasteiger partial charge in [0.25, 0.3) is 0 Å². The Balaban J connectivity index is 1.57. The molecule has 0 saturated carbocycles. The second-order valence-electron chi connectivity index (χ2n) is 7.30. The van der Waals surface area contributed by atoms with E-state index < -0.39 is 0 Å². The van der Waals surface area contributed by atoms with Gasteiger partial charge in [0.2, 0.25) is 5.91 Å². The molecule has 0 bridgehead atoms. The summed E-state index contributed by atoms with van der Waals surface area (Å²) in [7, 11) is 1.89. The van der Waals surface area contributed by atoms with Crippen molar-refractivity contribution in [3.63, 3.8) is 0 Å². The number of halogens is 1. The predicted molar refractivity (Wildman–Crippen MR) is 106 cm³/mol. The summed E-state index contributed by atoms with van der Waals surface area (Å²) in [4.78, 5) is 14.7. The summed E-state index contributed by atoms with van der Waals surface area (Å²) in [5, 5.41) is 8.11. The SMILES string of the molecule is Cc1nn(C)cc1C(C)NC(=O)CCN1Cc2cc(Cl)ccc2OC(C)C1. The molecule has 0 fully saturated rings. The molecule has 2 aromatic rings. The van der Waals surface area contributed by atoms with Crippen LogP contribution < -0.4 is 10.1 Å². The molecular formula is C20H27ClN4O2. The third kappa shape index (κ3) is 5.02. The second kappa shape index (κ2) is 8.31. The zero-order valence-electron chi connectivity index (χ0n) is 16.3. The number of nitrogens with zero attached hydrogens (tertiary/aromatic N) is 3. The van der Waals surface area contributed by atoms with Gasteiger partial charge >= 0.3 is 0 Å². The van der Waals surface area contributed by atoms with Gasteiger partial charge in [0.1, 0.15) is 11.9 Å². The molecule has 0 saturated heterocycles. The highest BCUT2D eigenvalue weighted by molar-refractivity contribution is 6.30. The van der Waals surface area contributed by atoms with Crippen molar-refractivity contribution in [3.8, 4) is 5.75 Å². The van der Waals surface area contributed by atoms with Gasteiger partial charge in [0, 0.05) is 55.4 Å². The van der Waals surface area contributed by atoms with Gasteiger partial charge in [0.15, 0.2) is 0 Å². The summed E-state index contributed by atoms with van der Waals surface area (Å²) in [6, 6.07) is 5.65. The van der Waals surface area contributed by atoms with Crippen LogP contribution in [0.25, 0.3) is 0 Å². The molecule has 1 aliphatic rings. The Morgan fingerprint density at radius 1 is 1.48 bits per heavy atom. The van der Waals surface area contributed by atoms with E-state index in [1.54, 1.807) is 4.68 Å². The lowest BCUT2D eigenvalue weighted by atomic mass is 10.1. The molecule has 27 heavy (non-hydrogen) atoms. The lowest BCUT2D eigenvalue weighted by molar-refractivity contribution is -0.122. The van der Waals surface area contributed by atoms with E-state index in [9.17, 15) is 4.79 Å². The molecule has 0 aliphatic carbocycles. The number of fused-ring (bicyclic) bond motifs is 1. The summed E-state index contributed by atoms with van der Waals surface area (Å²) >= 11 is 6.13. The van der Waals surface area contributed by atoms with Gasteiger partial charge in [-0.25, -0.2) is 0 Å². The fourth-order valence-electron chi connectivity index (χ4n) is 3.57. The van der Waals surface area contributed by atoms with Crippen molar-refractivity contribution in [3.05, 3.63) is 46.2 Å². The zero-order chi connectivity index (χ0) is 19.6. The summed E-state index contributed by atoms with van der Waals surface area (Å²) in [5.41, 5.74) is 3.05. The number of amides is 1. The van der Waals surface area contributed by atoms with Crippen molar-refractivity contribution in [1.29, 1.82) is 0 Å². The molecule has 1 aromatic heterocycles. The maximum Gasteiger partial charge on any atom is 0.221 e. The number of aryl methyl sites for hydroxylation is 2. The lowest BCUT2D eigenvalue weighted by Gasteiger charge is -2.22. The second-order valence-corrected chi connectivity index (χ2v) is 7.73. The third-order valence-corrected chi connectivity index (χ3v) is 5.05. The molecule has 2 atom stereocenters. The zero-order valence-corrected chi connectivity index (χ0v) is 17.1. The van der Waals surface area contributed by atoms with Crippen molar-refractivity contribution >= 4 is 17.5 Å². The molecular weight excluding hydrogens is 364 g/mol. The topological polar surface area (TPSA) is 59.4 Å². The molecule has 1 N–H and O–H groups in total. The molecule has 0 radical (unpaired) electrons. The lowest BCUT2D eigenvalue weighted by Crippen LogP contribution is -2.35. The molecule has 0 spiro atoms. The minimum Gasteiger partial charge on any atom is -0.489 e. The largest absolute Gasteiger partial charge is 0.489 e. The van der Waals surface area contributed by atoms with Gasteiger partial charge in [-0.1, -0.05) is 11.6 Å². The first-order chi connectivity index (χ1) is 12.8. The summed E-state index contributed by atoms with van der Waals surface area (Å²) in [6.45, 7) is 8.16. The highest BCUT2D eigenvalue weighted by Gasteiger charge is 2.21. The third-order valence-electron chi connectivity index (χ3n) is 4.81. The van der Waals surface area contributed by atoms with E-state index in [1.807, 2.05) is 52.2 Å². The van der Waals surface area contributed by atoms with Gasteiger partial charge in [-0.15, -0.1) is 0 Å². The normalized spacial score (nSPS) is 18.3. The van der Waals surface area contributed by atoms with Crippen LogP contribution in [0.3, 0.4) is 0 Å². The van der Waals surface area contributed by atoms with Crippen molar-refractivity contribution < 1.29 is 9.53 Å². The van der Waals surface area contributed by atoms with E-state index >= 15 is 0 Å². The first-order valence-electron chi connectivity index (χ1n) is 9.28. The van der Waals surface area contributed by atoms with Crippen molar-refractivity contribution in [2.24, 2.45) is 7.05 Å². The Labute approximate surface area is 165 Å². The first-order valence-corrected chi connectivity index (χ1v) is 9.66. The standard InChI is InChI=1S/C20H27ClN4O2/c1-13-10-25(11-16-9-17(21)5-6-19(16)27-13)8-7-20(26)22-14(2)18-12-24(4)23-15(18)3/h5-6,9,12-14H,7-8,10-11H2,1-4H3,(H,22,26). The average Bonchev–Trinajstić information content (AvgIpc) is 2.84. The fourth-order valence-corrected chi connectivity index (χ4v) is 3.77. The van der Waals surface area contributed by atoms with E-state index in [4.69, 9.17) is 16.3 Å². The monoisotopic (exact) mass is 390 g/mol. The highest BCUT2D eigenvalue weighted by Crippen LogP contribution is 2.28. The van der Waals surface area contributed by atoms with Crippen LogP contribution in [0, 0.1) is 6.92 Å². The van der Waals surface area contributed by atoms with Crippen LogP contribution in [0.1, 0.15) is 43.1 Å². The molecule has 2 unspecified atom stereocenters. The van der Waals surface area contributed by atoms with E-state index in [1.165, 1.54) is 0 Å². The van der Waals surface area contributed by atoms with Crippen LogP contribution in [0.2, 0.25) is 5.02 Å². The van der Waals surface area contributed by atoms with Crippen molar-refractivity contribution in [2.45, 2.75) is 45.9 Å². The summed E-state index contributed by atoms with van der Waals surface area (Å²) < 4.78 is 7.75. The Morgan fingerprint density at radius 2 is 2.26 bits per heavy atom. The predicted octanol–water partition coefficient (Wildman–Crippen LogP) is 3.23. The van der Waals surface area contributed by atoms with Crippen LogP contribution in [0.4, 0.5) is 0 Å². The maximum absolute atomic E-state index is 12.4. The van der Waals surface area contributed by atoms with Gasteiger partial charge in [-0.05, 0) is 39.0 Å². The Bertz CT molecular complexity index is 820. The molecule has 2 heterocycles. The number of ether oxygens (including phenoxy) is 1. The number of nitrogens with one attached hydrogen (secondary N) is 1. The number of hydrogen-bond acceptors (Lipinski definition) is 4. The van der Waals surface area contributed by atoms with Gasteiger partial charge in [0.05, 0.1) is 11.7 Å². The van der Waals surface area contributed by atoms with Crippen LogP contribution >= 0.6 is 11.6 Å². The molecule has 1 aromatic carbocycles. The quantitative estimate of drug-likeness (QED) is 0.851. The number of hydrogen-bond donors (Lipinski definition) is 1. The highest BCUT2D eigenvalue weighted by atomic mass is 35.5. The molecule has 3 rings (SSSR count). The molecule has 7 heteroatoms. The first kappa shape index (κ1) is 19.7. The van der Waals surface area contributed by atoms with Crippen LogP contribution in [-0.2, 0) is 18.4 Å². The van der Waals surface area contributed by atoms with Crippen molar-refractivity contribution in [2.75, 3.05) is 13.1 Å². The van der Waals surface area contributed by atoms with Crippen LogP contribution in [0.15, 0.2) is 24.4 Å². The van der Waals surface area contributed by atoms with E-state index in [-0.39, 0.29) is 18.1 Å².